The monoisotopic (exact) mass is 423 g/mol. The van der Waals surface area contributed by atoms with E-state index in [-0.39, 0.29) is 29.4 Å². The Kier molecular flexibility index (Phi) is 6.32. The summed E-state index contributed by atoms with van der Waals surface area (Å²) in [5.74, 6) is -0.268. The van der Waals surface area contributed by atoms with E-state index in [9.17, 15) is 14.0 Å². The van der Waals surface area contributed by atoms with Gasteiger partial charge in [0.05, 0.1) is 24.9 Å². The highest BCUT2D eigenvalue weighted by atomic mass is 19.1. The van der Waals surface area contributed by atoms with E-state index in [2.05, 4.69) is 20.3 Å². The van der Waals surface area contributed by atoms with Crippen molar-refractivity contribution >= 4 is 11.9 Å². The quantitative estimate of drug-likeness (QED) is 0.628. The molecule has 0 radical (unpaired) electrons. The number of ether oxygens (including phenoxy) is 1. The van der Waals surface area contributed by atoms with Gasteiger partial charge in [0, 0.05) is 31.8 Å². The van der Waals surface area contributed by atoms with Crippen molar-refractivity contribution in [2.45, 2.75) is 12.5 Å². The number of anilines is 1. The third-order valence-electron chi connectivity index (χ3n) is 4.98. The zero-order chi connectivity index (χ0) is 21.6. The van der Waals surface area contributed by atoms with Gasteiger partial charge in [0.25, 0.3) is 11.5 Å². The predicted molar refractivity (Wildman–Crippen MR) is 112 cm³/mol. The first-order chi connectivity index (χ1) is 15.1. The number of aromatic amines is 1. The lowest BCUT2D eigenvalue weighted by Gasteiger charge is -2.27. The summed E-state index contributed by atoms with van der Waals surface area (Å²) in [5, 5.41) is 2.93. The SMILES string of the molecule is O=C(NC(Cc1cc(=O)[nH]c(N2CCOCC2)n1)c1ccc(F)cc1)c1ccccn1. The molecule has 1 aliphatic heterocycles. The molecule has 1 amide bonds. The largest absolute Gasteiger partial charge is 0.378 e. The number of hydrogen-bond donors (Lipinski definition) is 2. The topological polar surface area (TPSA) is 100 Å². The maximum atomic E-state index is 13.4. The molecule has 9 heteroatoms. The van der Waals surface area contributed by atoms with Gasteiger partial charge in [-0.1, -0.05) is 18.2 Å². The summed E-state index contributed by atoms with van der Waals surface area (Å²) in [5.41, 5.74) is 1.20. The van der Waals surface area contributed by atoms with Crippen LogP contribution in [0.25, 0.3) is 0 Å². The Balaban J connectivity index is 1.61. The minimum Gasteiger partial charge on any atom is -0.378 e. The van der Waals surface area contributed by atoms with Gasteiger partial charge in [-0.25, -0.2) is 9.37 Å². The Morgan fingerprint density at radius 1 is 1.19 bits per heavy atom. The highest BCUT2D eigenvalue weighted by molar-refractivity contribution is 5.92. The maximum Gasteiger partial charge on any atom is 0.270 e. The number of carbonyl (C=O) groups is 1. The number of benzene rings is 1. The normalized spacial score (nSPS) is 14.8. The van der Waals surface area contributed by atoms with Crippen molar-refractivity contribution in [3.05, 3.63) is 87.9 Å². The van der Waals surface area contributed by atoms with Crippen molar-refractivity contribution in [2.24, 2.45) is 0 Å². The van der Waals surface area contributed by atoms with Crippen LogP contribution in [0.4, 0.5) is 10.3 Å². The van der Waals surface area contributed by atoms with Crippen molar-refractivity contribution in [3.8, 4) is 0 Å². The van der Waals surface area contributed by atoms with Crippen molar-refractivity contribution in [3.63, 3.8) is 0 Å². The van der Waals surface area contributed by atoms with Gasteiger partial charge in [-0.2, -0.15) is 0 Å². The molecule has 1 unspecified atom stereocenters. The number of pyridine rings is 1. The van der Waals surface area contributed by atoms with E-state index in [1.165, 1.54) is 24.4 Å². The summed E-state index contributed by atoms with van der Waals surface area (Å²) in [4.78, 5) is 38.4. The van der Waals surface area contributed by atoms with E-state index in [0.29, 0.717) is 43.5 Å². The zero-order valence-electron chi connectivity index (χ0n) is 16.8. The molecule has 1 fully saturated rings. The average Bonchev–Trinajstić information content (AvgIpc) is 2.80. The van der Waals surface area contributed by atoms with Crippen LogP contribution in [0.5, 0.6) is 0 Å². The van der Waals surface area contributed by atoms with Gasteiger partial charge in [0.15, 0.2) is 0 Å². The van der Waals surface area contributed by atoms with Crippen molar-refractivity contribution in [2.75, 3.05) is 31.2 Å². The summed E-state index contributed by atoms with van der Waals surface area (Å²) in [7, 11) is 0. The summed E-state index contributed by atoms with van der Waals surface area (Å²) in [6.45, 7) is 2.38. The van der Waals surface area contributed by atoms with Crippen LogP contribution < -0.4 is 15.8 Å². The van der Waals surface area contributed by atoms with E-state index in [0.717, 1.165) is 0 Å². The molecule has 1 atom stereocenters. The molecular formula is C22H22FN5O3. The third kappa shape index (κ3) is 5.32. The van der Waals surface area contributed by atoms with Gasteiger partial charge >= 0.3 is 0 Å². The number of rotatable bonds is 6. The van der Waals surface area contributed by atoms with Gasteiger partial charge in [0.1, 0.15) is 11.5 Å². The van der Waals surface area contributed by atoms with Crippen molar-refractivity contribution < 1.29 is 13.9 Å². The molecule has 0 bridgehead atoms. The first-order valence-electron chi connectivity index (χ1n) is 9.99. The standard InChI is InChI=1S/C22H22FN5O3/c23-16-6-4-15(5-7-16)19(26-21(30)18-3-1-2-8-24-18)13-17-14-20(29)27-22(25-17)28-9-11-31-12-10-28/h1-8,14,19H,9-13H2,(H,26,30)(H,25,27,29). The number of hydrogen-bond acceptors (Lipinski definition) is 6. The van der Waals surface area contributed by atoms with E-state index in [1.807, 2.05) is 4.90 Å². The summed E-state index contributed by atoms with van der Waals surface area (Å²) in [6.07, 6.45) is 1.79. The van der Waals surface area contributed by atoms with E-state index >= 15 is 0 Å². The molecule has 1 aromatic carbocycles. The van der Waals surface area contributed by atoms with Crippen LogP contribution in [0, 0.1) is 5.82 Å². The van der Waals surface area contributed by atoms with Gasteiger partial charge in [-0.3, -0.25) is 19.6 Å². The predicted octanol–water partition coefficient (Wildman–Crippen LogP) is 1.85. The molecule has 2 aromatic heterocycles. The fraction of sp³-hybridized carbons (Fsp3) is 0.273. The molecule has 8 nitrogen and oxygen atoms in total. The third-order valence-corrected chi connectivity index (χ3v) is 4.98. The van der Waals surface area contributed by atoms with Crippen LogP contribution in [0.3, 0.4) is 0 Å². The van der Waals surface area contributed by atoms with Crippen LogP contribution >= 0.6 is 0 Å². The maximum absolute atomic E-state index is 13.4. The number of nitrogens with zero attached hydrogens (tertiary/aromatic N) is 3. The Hall–Kier alpha value is -3.59. The van der Waals surface area contributed by atoms with Crippen LogP contribution in [0.1, 0.15) is 27.8 Å². The Bertz CT molecular complexity index is 1080. The van der Waals surface area contributed by atoms with Gasteiger partial charge in [-0.05, 0) is 29.8 Å². The number of halogens is 1. The fourth-order valence-corrected chi connectivity index (χ4v) is 3.41. The van der Waals surface area contributed by atoms with Crippen molar-refractivity contribution in [1.82, 2.24) is 20.3 Å². The highest BCUT2D eigenvalue weighted by Crippen LogP contribution is 2.20. The first-order valence-corrected chi connectivity index (χ1v) is 9.99. The second-order valence-corrected chi connectivity index (χ2v) is 7.16. The molecule has 3 heterocycles. The van der Waals surface area contributed by atoms with E-state index < -0.39 is 6.04 Å². The molecule has 31 heavy (non-hydrogen) atoms. The lowest BCUT2D eigenvalue weighted by atomic mass is 10.0. The molecule has 0 aliphatic carbocycles. The molecule has 160 valence electrons. The minimum atomic E-state index is -0.526. The Labute approximate surface area is 178 Å². The number of aromatic nitrogens is 3. The second kappa shape index (κ2) is 9.48. The minimum absolute atomic E-state index is 0.255. The van der Waals surface area contributed by atoms with Crippen LogP contribution in [0.15, 0.2) is 59.5 Å². The number of H-pyrrole nitrogens is 1. The van der Waals surface area contributed by atoms with Crippen LogP contribution in [-0.4, -0.2) is 47.2 Å². The molecule has 3 aromatic rings. The lowest BCUT2D eigenvalue weighted by Crippen LogP contribution is -2.38. The smallest absolute Gasteiger partial charge is 0.270 e. The van der Waals surface area contributed by atoms with Gasteiger partial charge in [-0.15, -0.1) is 0 Å². The van der Waals surface area contributed by atoms with E-state index in [1.54, 1.807) is 30.3 Å². The van der Waals surface area contributed by atoms with Crippen LogP contribution in [0.2, 0.25) is 0 Å². The number of amides is 1. The number of morpholine rings is 1. The highest BCUT2D eigenvalue weighted by Gasteiger charge is 2.20. The molecule has 1 aliphatic rings. The number of nitrogens with one attached hydrogen (secondary N) is 2. The van der Waals surface area contributed by atoms with Crippen molar-refractivity contribution in [1.29, 1.82) is 0 Å². The molecule has 0 spiro atoms. The summed E-state index contributed by atoms with van der Waals surface area (Å²) >= 11 is 0. The molecule has 1 saturated heterocycles. The van der Waals surface area contributed by atoms with Gasteiger partial charge < -0.3 is 15.0 Å². The Morgan fingerprint density at radius 2 is 1.97 bits per heavy atom. The summed E-state index contributed by atoms with van der Waals surface area (Å²) < 4.78 is 18.8. The molecule has 0 saturated carbocycles. The molecule has 4 rings (SSSR count). The lowest BCUT2D eigenvalue weighted by molar-refractivity contribution is 0.0931. The first kappa shape index (κ1) is 20.7. The molecule has 2 N–H and O–H groups in total. The van der Waals surface area contributed by atoms with E-state index in [4.69, 9.17) is 4.74 Å². The summed E-state index contributed by atoms with van der Waals surface area (Å²) in [6, 6.07) is 11.8. The zero-order valence-corrected chi connectivity index (χ0v) is 16.8. The average molecular weight is 423 g/mol. The van der Waals surface area contributed by atoms with Crippen LogP contribution in [-0.2, 0) is 11.2 Å². The number of carbonyl (C=O) groups excluding carboxylic acids is 1. The molecular weight excluding hydrogens is 401 g/mol. The fourth-order valence-electron chi connectivity index (χ4n) is 3.41. The second-order valence-electron chi connectivity index (χ2n) is 7.16. The Morgan fingerprint density at radius 3 is 2.68 bits per heavy atom. The van der Waals surface area contributed by atoms with Gasteiger partial charge in [0.2, 0.25) is 5.95 Å².